The molecule has 0 spiro atoms. The van der Waals surface area contributed by atoms with Gasteiger partial charge in [-0.3, -0.25) is 9.59 Å². The molecule has 0 aliphatic carbocycles. The van der Waals surface area contributed by atoms with Gasteiger partial charge in [0.2, 0.25) is 0 Å². The maximum atomic E-state index is 12.7. The standard InChI is InChI=1S/C18H17Cl2NO5S/c1-26-17(22)10-16(12-5-3-4-6-14(12)19)21-18(23)13-9-11(27(2,24)25)7-8-15(13)20/h3-9,16H,10H2,1-2H3,(H,21,23). The number of methoxy groups -OCH3 is 1. The van der Waals surface area contributed by atoms with Gasteiger partial charge in [-0.05, 0) is 29.8 Å². The molecule has 144 valence electrons. The van der Waals surface area contributed by atoms with Gasteiger partial charge in [-0.25, -0.2) is 8.42 Å². The molecule has 0 fully saturated rings. The number of amides is 1. The summed E-state index contributed by atoms with van der Waals surface area (Å²) in [6, 6.07) is 9.79. The average Bonchev–Trinajstić information content (AvgIpc) is 2.60. The quantitative estimate of drug-likeness (QED) is 0.710. The predicted molar refractivity (Wildman–Crippen MR) is 103 cm³/mol. The first-order valence-corrected chi connectivity index (χ1v) is 10.4. The second kappa shape index (κ2) is 8.73. The van der Waals surface area contributed by atoms with E-state index in [4.69, 9.17) is 23.2 Å². The second-order valence-electron chi connectivity index (χ2n) is 5.74. The molecular formula is C18H17Cl2NO5S. The molecule has 1 N–H and O–H groups in total. The van der Waals surface area contributed by atoms with E-state index in [1.54, 1.807) is 24.3 Å². The lowest BCUT2D eigenvalue weighted by molar-refractivity contribution is -0.141. The highest BCUT2D eigenvalue weighted by Gasteiger charge is 2.23. The third-order valence-corrected chi connectivity index (χ3v) is 5.58. The molecule has 27 heavy (non-hydrogen) atoms. The Kier molecular flexibility index (Phi) is 6.86. The summed E-state index contributed by atoms with van der Waals surface area (Å²) in [5.74, 6) is -1.18. The summed E-state index contributed by atoms with van der Waals surface area (Å²) in [6.45, 7) is 0. The Hall–Kier alpha value is -2.09. The number of halogens is 2. The molecule has 0 heterocycles. The Morgan fingerprint density at radius 3 is 2.37 bits per heavy atom. The van der Waals surface area contributed by atoms with Crippen LogP contribution in [-0.4, -0.2) is 33.7 Å². The maximum Gasteiger partial charge on any atom is 0.307 e. The number of hydrogen-bond acceptors (Lipinski definition) is 5. The molecule has 1 unspecified atom stereocenters. The molecule has 2 rings (SSSR count). The van der Waals surface area contributed by atoms with Gasteiger partial charge in [0.05, 0.1) is 35.1 Å². The molecule has 9 heteroatoms. The minimum absolute atomic E-state index is 0.0264. The van der Waals surface area contributed by atoms with E-state index in [0.717, 1.165) is 6.26 Å². The molecule has 2 aromatic carbocycles. The lowest BCUT2D eigenvalue weighted by atomic mass is 10.0. The predicted octanol–water partition coefficient (Wildman–Crippen LogP) is 3.43. The van der Waals surface area contributed by atoms with Crippen LogP contribution in [-0.2, 0) is 19.4 Å². The highest BCUT2D eigenvalue weighted by atomic mass is 35.5. The molecule has 0 aliphatic rings. The van der Waals surface area contributed by atoms with Crippen LogP contribution in [0.25, 0.3) is 0 Å². The molecule has 2 aromatic rings. The Labute approximate surface area is 167 Å². The molecular weight excluding hydrogens is 413 g/mol. The monoisotopic (exact) mass is 429 g/mol. The number of hydrogen-bond donors (Lipinski definition) is 1. The van der Waals surface area contributed by atoms with Crippen LogP contribution in [0, 0.1) is 0 Å². The van der Waals surface area contributed by atoms with Gasteiger partial charge in [0.25, 0.3) is 5.91 Å². The zero-order valence-electron chi connectivity index (χ0n) is 14.5. The molecule has 0 radical (unpaired) electrons. The van der Waals surface area contributed by atoms with E-state index in [0.29, 0.717) is 10.6 Å². The Bertz CT molecular complexity index is 975. The Balaban J connectivity index is 2.39. The molecule has 0 saturated heterocycles. The van der Waals surface area contributed by atoms with Crippen molar-refractivity contribution in [1.29, 1.82) is 0 Å². The van der Waals surface area contributed by atoms with E-state index < -0.39 is 27.8 Å². The third kappa shape index (κ3) is 5.45. The number of benzene rings is 2. The highest BCUT2D eigenvalue weighted by Crippen LogP contribution is 2.27. The minimum Gasteiger partial charge on any atom is -0.469 e. The van der Waals surface area contributed by atoms with E-state index in [9.17, 15) is 18.0 Å². The molecule has 0 saturated carbocycles. The number of nitrogens with one attached hydrogen (secondary N) is 1. The number of sulfone groups is 1. The third-order valence-electron chi connectivity index (χ3n) is 3.80. The van der Waals surface area contributed by atoms with Gasteiger partial charge >= 0.3 is 5.97 Å². The average molecular weight is 430 g/mol. The van der Waals surface area contributed by atoms with Crippen LogP contribution in [0.1, 0.15) is 28.4 Å². The Morgan fingerprint density at radius 1 is 1.11 bits per heavy atom. The fourth-order valence-corrected chi connectivity index (χ4v) is 3.51. The van der Waals surface area contributed by atoms with Crippen molar-refractivity contribution in [1.82, 2.24) is 5.32 Å². The summed E-state index contributed by atoms with van der Waals surface area (Å²) in [5.41, 5.74) is 0.495. The number of ether oxygens (including phenoxy) is 1. The van der Waals surface area contributed by atoms with Crippen molar-refractivity contribution >= 4 is 44.9 Å². The van der Waals surface area contributed by atoms with Crippen LogP contribution in [0.5, 0.6) is 0 Å². The van der Waals surface area contributed by atoms with Gasteiger partial charge in [0.1, 0.15) is 0 Å². The van der Waals surface area contributed by atoms with E-state index in [-0.39, 0.29) is 21.9 Å². The second-order valence-corrected chi connectivity index (χ2v) is 8.57. The van der Waals surface area contributed by atoms with Crippen LogP contribution in [0.15, 0.2) is 47.4 Å². The number of carbonyl (C=O) groups is 2. The first kappa shape index (κ1) is 21.2. The lowest BCUT2D eigenvalue weighted by Crippen LogP contribution is -2.31. The zero-order valence-corrected chi connectivity index (χ0v) is 16.9. The van der Waals surface area contributed by atoms with Crippen molar-refractivity contribution < 1.29 is 22.7 Å². The summed E-state index contributed by atoms with van der Waals surface area (Å²) < 4.78 is 28.2. The summed E-state index contributed by atoms with van der Waals surface area (Å²) in [5, 5.41) is 3.11. The number of carbonyl (C=O) groups excluding carboxylic acids is 2. The van der Waals surface area contributed by atoms with Crippen LogP contribution in [0.2, 0.25) is 10.0 Å². The molecule has 0 aliphatic heterocycles. The van der Waals surface area contributed by atoms with Gasteiger partial charge in [-0.15, -0.1) is 0 Å². The van der Waals surface area contributed by atoms with Gasteiger partial charge < -0.3 is 10.1 Å². The topological polar surface area (TPSA) is 89.5 Å². The van der Waals surface area contributed by atoms with E-state index in [2.05, 4.69) is 10.1 Å². The van der Waals surface area contributed by atoms with Gasteiger partial charge in [0, 0.05) is 11.3 Å². The molecule has 1 atom stereocenters. The SMILES string of the molecule is COC(=O)CC(NC(=O)c1cc(S(C)(=O)=O)ccc1Cl)c1ccccc1Cl. The summed E-state index contributed by atoms with van der Waals surface area (Å²) in [6.07, 6.45) is 0.872. The number of rotatable bonds is 6. The molecule has 1 amide bonds. The molecule has 6 nitrogen and oxygen atoms in total. The van der Waals surface area contributed by atoms with E-state index in [1.807, 2.05) is 0 Å². The van der Waals surface area contributed by atoms with Gasteiger partial charge in [0.15, 0.2) is 9.84 Å². The van der Waals surface area contributed by atoms with Crippen molar-refractivity contribution in [2.75, 3.05) is 13.4 Å². The van der Waals surface area contributed by atoms with Crippen molar-refractivity contribution in [3.63, 3.8) is 0 Å². The van der Waals surface area contributed by atoms with Gasteiger partial charge in [-0.2, -0.15) is 0 Å². The van der Waals surface area contributed by atoms with Crippen LogP contribution >= 0.6 is 23.2 Å². The smallest absolute Gasteiger partial charge is 0.307 e. The Morgan fingerprint density at radius 2 is 1.78 bits per heavy atom. The van der Waals surface area contributed by atoms with Crippen LogP contribution in [0.3, 0.4) is 0 Å². The summed E-state index contributed by atoms with van der Waals surface area (Å²) >= 11 is 12.2. The van der Waals surface area contributed by atoms with Crippen molar-refractivity contribution in [2.24, 2.45) is 0 Å². The fraction of sp³-hybridized carbons (Fsp3) is 0.222. The first-order chi connectivity index (χ1) is 12.6. The lowest BCUT2D eigenvalue weighted by Gasteiger charge is -2.20. The van der Waals surface area contributed by atoms with Crippen LogP contribution < -0.4 is 5.32 Å². The number of esters is 1. The van der Waals surface area contributed by atoms with E-state index in [1.165, 1.54) is 25.3 Å². The minimum atomic E-state index is -3.52. The first-order valence-electron chi connectivity index (χ1n) is 7.75. The highest BCUT2D eigenvalue weighted by molar-refractivity contribution is 7.90. The van der Waals surface area contributed by atoms with Crippen molar-refractivity contribution in [3.05, 3.63) is 63.6 Å². The van der Waals surface area contributed by atoms with Crippen molar-refractivity contribution in [2.45, 2.75) is 17.4 Å². The van der Waals surface area contributed by atoms with Gasteiger partial charge in [-0.1, -0.05) is 41.4 Å². The van der Waals surface area contributed by atoms with Crippen molar-refractivity contribution in [3.8, 4) is 0 Å². The zero-order chi connectivity index (χ0) is 20.2. The molecule has 0 bridgehead atoms. The normalized spacial score (nSPS) is 12.3. The summed E-state index contributed by atoms with van der Waals surface area (Å²) in [7, 11) is -2.28. The maximum absolute atomic E-state index is 12.7. The van der Waals surface area contributed by atoms with Crippen LogP contribution in [0.4, 0.5) is 0 Å². The summed E-state index contributed by atoms with van der Waals surface area (Å²) in [4.78, 5) is 24.4. The largest absolute Gasteiger partial charge is 0.469 e. The molecule has 0 aromatic heterocycles. The van der Waals surface area contributed by atoms with E-state index >= 15 is 0 Å². The fourth-order valence-electron chi connectivity index (χ4n) is 2.39.